The number of unbranched alkanes of at least 4 members (excludes halogenated alkanes) is 1. The van der Waals surface area contributed by atoms with Crippen LogP contribution in [0.3, 0.4) is 0 Å². The van der Waals surface area contributed by atoms with Crippen molar-refractivity contribution in [2.75, 3.05) is 34.0 Å². The molecule has 0 radical (unpaired) electrons. The number of ether oxygens (including phenoxy) is 4. The number of hydrogen-bond acceptors (Lipinski definition) is 7. The van der Waals surface area contributed by atoms with Gasteiger partial charge in [-0.15, -0.1) is 0 Å². The molecule has 8 nitrogen and oxygen atoms in total. The summed E-state index contributed by atoms with van der Waals surface area (Å²) in [5.74, 6) is -0.126. The van der Waals surface area contributed by atoms with E-state index < -0.39 is 17.7 Å². The molecule has 1 unspecified atom stereocenters. The van der Waals surface area contributed by atoms with Crippen LogP contribution in [0.2, 0.25) is 0 Å². The molecule has 1 amide bonds. The highest BCUT2D eigenvalue weighted by Crippen LogP contribution is 2.42. The van der Waals surface area contributed by atoms with E-state index >= 15 is 0 Å². The molecule has 41 heavy (non-hydrogen) atoms. The lowest BCUT2D eigenvalue weighted by Crippen LogP contribution is -2.31. The Morgan fingerprint density at radius 3 is 2.41 bits per heavy atom. The topological polar surface area (TPSA) is 94.5 Å². The van der Waals surface area contributed by atoms with E-state index in [0.717, 1.165) is 18.4 Å². The fraction of sp³-hybridized carbons (Fsp3) is 0.333. The molecule has 8 heteroatoms. The van der Waals surface area contributed by atoms with E-state index in [4.69, 9.17) is 18.9 Å². The van der Waals surface area contributed by atoms with E-state index in [9.17, 15) is 14.7 Å². The number of ketones is 1. The van der Waals surface area contributed by atoms with Gasteiger partial charge in [-0.25, -0.2) is 0 Å². The van der Waals surface area contributed by atoms with Gasteiger partial charge in [-0.3, -0.25) is 9.59 Å². The van der Waals surface area contributed by atoms with Gasteiger partial charge in [0.05, 0.1) is 25.3 Å². The number of likely N-dealkylation sites (tertiary alicyclic amines) is 1. The minimum absolute atomic E-state index is 0.0122. The van der Waals surface area contributed by atoms with Gasteiger partial charge < -0.3 is 29.0 Å². The van der Waals surface area contributed by atoms with E-state index in [1.165, 1.54) is 12.0 Å². The Morgan fingerprint density at radius 2 is 1.68 bits per heavy atom. The summed E-state index contributed by atoms with van der Waals surface area (Å²) in [6, 6.07) is 21.2. The predicted octanol–water partition coefficient (Wildman–Crippen LogP) is 5.91. The van der Waals surface area contributed by atoms with E-state index in [-0.39, 0.29) is 17.9 Å². The average Bonchev–Trinajstić information content (AvgIpc) is 3.25. The first kappa shape index (κ1) is 29.7. The van der Waals surface area contributed by atoms with Gasteiger partial charge in [0.15, 0.2) is 11.5 Å². The molecule has 0 spiro atoms. The van der Waals surface area contributed by atoms with Crippen molar-refractivity contribution in [3.63, 3.8) is 0 Å². The Morgan fingerprint density at radius 1 is 0.878 bits per heavy atom. The molecule has 1 N–H and O–H groups in total. The summed E-state index contributed by atoms with van der Waals surface area (Å²) in [4.78, 5) is 28.1. The van der Waals surface area contributed by atoms with Crippen LogP contribution in [0, 0.1) is 0 Å². The highest BCUT2D eigenvalue weighted by molar-refractivity contribution is 6.46. The van der Waals surface area contributed by atoms with Crippen LogP contribution in [-0.2, 0) is 20.9 Å². The van der Waals surface area contributed by atoms with Crippen molar-refractivity contribution in [2.45, 2.75) is 38.8 Å². The van der Waals surface area contributed by atoms with Crippen LogP contribution in [0.1, 0.15) is 48.9 Å². The van der Waals surface area contributed by atoms with Crippen molar-refractivity contribution in [3.05, 3.63) is 95.1 Å². The van der Waals surface area contributed by atoms with Crippen LogP contribution in [-0.4, -0.2) is 55.7 Å². The maximum Gasteiger partial charge on any atom is 0.295 e. The Kier molecular flexibility index (Phi) is 10.4. The maximum absolute atomic E-state index is 13.4. The number of rotatable bonds is 14. The average molecular weight is 560 g/mol. The number of methoxy groups -OCH3 is 2. The number of nitrogens with zero attached hydrogens (tertiary/aromatic N) is 1. The van der Waals surface area contributed by atoms with Gasteiger partial charge in [0.25, 0.3) is 11.7 Å². The number of aliphatic hydroxyl groups is 1. The summed E-state index contributed by atoms with van der Waals surface area (Å²) < 4.78 is 22.6. The van der Waals surface area contributed by atoms with Gasteiger partial charge in [-0.2, -0.15) is 0 Å². The van der Waals surface area contributed by atoms with Crippen LogP contribution < -0.4 is 14.2 Å². The Labute approximate surface area is 241 Å². The van der Waals surface area contributed by atoms with Crippen molar-refractivity contribution < 1.29 is 33.6 Å². The number of Topliss-reactive ketones (excluding diaryl/α,β-unsaturated/α-hetero) is 1. The molecular formula is C33H37NO7. The van der Waals surface area contributed by atoms with Crippen LogP contribution in [0.15, 0.2) is 78.4 Å². The monoisotopic (exact) mass is 559 g/mol. The highest BCUT2D eigenvalue weighted by Gasteiger charge is 2.46. The summed E-state index contributed by atoms with van der Waals surface area (Å²) in [5, 5.41) is 11.5. The predicted molar refractivity (Wildman–Crippen MR) is 156 cm³/mol. The smallest absolute Gasteiger partial charge is 0.295 e. The third kappa shape index (κ3) is 7.08. The third-order valence-corrected chi connectivity index (χ3v) is 6.90. The number of carbonyl (C=O) groups excluding carboxylic acids is 2. The molecule has 0 aromatic heterocycles. The first-order valence-electron chi connectivity index (χ1n) is 13.8. The number of amides is 1. The van der Waals surface area contributed by atoms with Crippen molar-refractivity contribution in [2.24, 2.45) is 0 Å². The summed E-state index contributed by atoms with van der Waals surface area (Å²) in [6.45, 7) is 3.66. The lowest BCUT2D eigenvalue weighted by Gasteiger charge is -2.26. The molecule has 0 saturated carbocycles. The number of hydrogen-bond donors (Lipinski definition) is 1. The summed E-state index contributed by atoms with van der Waals surface area (Å²) in [7, 11) is 3.12. The maximum atomic E-state index is 13.4. The Hall–Kier alpha value is -4.30. The molecule has 1 heterocycles. The van der Waals surface area contributed by atoms with Crippen molar-refractivity contribution >= 4 is 17.4 Å². The molecule has 4 rings (SSSR count). The fourth-order valence-electron chi connectivity index (χ4n) is 4.77. The second-order valence-electron chi connectivity index (χ2n) is 9.75. The molecule has 1 aliphatic rings. The van der Waals surface area contributed by atoms with Gasteiger partial charge in [0.2, 0.25) is 0 Å². The van der Waals surface area contributed by atoms with Crippen LogP contribution in [0.5, 0.6) is 17.2 Å². The third-order valence-electron chi connectivity index (χ3n) is 6.90. The minimum Gasteiger partial charge on any atom is -0.507 e. The second-order valence-corrected chi connectivity index (χ2v) is 9.75. The SMILES string of the molecule is CCCCOc1cccc(/C(O)=C2\C(=O)C(=O)N(CCCOC)C2c2ccc(OCc3ccccc3)c(OC)c2)c1. The molecule has 1 fully saturated rings. The van der Waals surface area contributed by atoms with Gasteiger partial charge in [-0.1, -0.05) is 61.9 Å². The Balaban J connectivity index is 1.72. The van der Waals surface area contributed by atoms with Gasteiger partial charge in [-0.05, 0) is 48.2 Å². The fourth-order valence-corrected chi connectivity index (χ4v) is 4.77. The van der Waals surface area contributed by atoms with E-state index in [0.29, 0.717) is 54.6 Å². The first-order valence-corrected chi connectivity index (χ1v) is 13.8. The van der Waals surface area contributed by atoms with E-state index in [2.05, 4.69) is 6.92 Å². The number of carbonyl (C=O) groups is 2. The summed E-state index contributed by atoms with van der Waals surface area (Å²) >= 11 is 0. The molecule has 3 aromatic rings. The first-order chi connectivity index (χ1) is 20.0. The molecular weight excluding hydrogens is 522 g/mol. The van der Waals surface area contributed by atoms with Crippen LogP contribution in [0.25, 0.3) is 5.76 Å². The molecule has 216 valence electrons. The normalized spacial score (nSPS) is 16.2. The zero-order chi connectivity index (χ0) is 29.2. The largest absolute Gasteiger partial charge is 0.507 e. The minimum atomic E-state index is -0.825. The lowest BCUT2D eigenvalue weighted by molar-refractivity contribution is -0.140. The molecule has 1 saturated heterocycles. The standard InChI is InChI=1S/C33H37NO7/c1-4-5-19-40-26-14-9-13-25(20-26)31(35)29-30(34(17-10-18-38-2)33(37)32(29)36)24-15-16-27(28(21-24)39-3)41-22-23-11-7-6-8-12-23/h6-9,11-16,20-21,30,35H,4-5,10,17-19,22H2,1-3H3/b31-29+. The highest BCUT2D eigenvalue weighted by atomic mass is 16.5. The Bertz CT molecular complexity index is 1370. The van der Waals surface area contributed by atoms with Crippen LogP contribution in [0.4, 0.5) is 0 Å². The van der Waals surface area contributed by atoms with Gasteiger partial charge >= 0.3 is 0 Å². The zero-order valence-electron chi connectivity index (χ0n) is 23.8. The van der Waals surface area contributed by atoms with Gasteiger partial charge in [0, 0.05) is 25.8 Å². The second kappa shape index (κ2) is 14.4. The van der Waals surface area contributed by atoms with E-state index in [1.54, 1.807) is 49.6 Å². The molecule has 1 aliphatic heterocycles. The van der Waals surface area contributed by atoms with Crippen molar-refractivity contribution in [1.82, 2.24) is 4.90 Å². The number of aliphatic hydroxyl groups excluding tert-OH is 1. The summed E-state index contributed by atoms with van der Waals surface area (Å²) in [5.41, 5.74) is 2.03. The molecule has 0 aliphatic carbocycles. The quantitative estimate of drug-likeness (QED) is 0.114. The van der Waals surface area contributed by atoms with Crippen molar-refractivity contribution in [3.8, 4) is 17.2 Å². The van der Waals surface area contributed by atoms with Crippen LogP contribution >= 0.6 is 0 Å². The summed E-state index contributed by atoms with van der Waals surface area (Å²) in [6.07, 6.45) is 2.41. The lowest BCUT2D eigenvalue weighted by atomic mass is 9.95. The molecule has 0 bridgehead atoms. The van der Waals surface area contributed by atoms with E-state index in [1.807, 2.05) is 30.3 Å². The molecule has 1 atom stereocenters. The molecule has 3 aromatic carbocycles. The van der Waals surface area contributed by atoms with Crippen molar-refractivity contribution in [1.29, 1.82) is 0 Å². The number of benzene rings is 3. The zero-order valence-corrected chi connectivity index (χ0v) is 23.8. The van der Waals surface area contributed by atoms with Gasteiger partial charge in [0.1, 0.15) is 18.1 Å².